The van der Waals surface area contributed by atoms with E-state index in [9.17, 15) is 12.6 Å². The molecule has 0 amide bonds. The SMILES string of the molecule is CC(C)(C)C1CS(=O)(=O)CC[N-]1.CC(C)(C)C1CS(=O)CC[N-]1.CC(C)(C)C1CSCC[N-]1.[Y].[Y].[Y]. The molecule has 3 fully saturated rings. The first-order valence-electron chi connectivity index (χ1n) is 12.0. The first-order chi connectivity index (χ1) is 14.9. The Hall–Kier alpha value is 3.64. The normalized spacial score (nSPS) is 28.2. The molecule has 0 bridgehead atoms. The fourth-order valence-corrected chi connectivity index (χ4v) is 7.74. The van der Waals surface area contributed by atoms with Gasteiger partial charge in [0.1, 0.15) is 9.84 Å². The van der Waals surface area contributed by atoms with E-state index in [1.807, 2.05) is 32.5 Å². The van der Waals surface area contributed by atoms with Crippen LogP contribution in [0, 0.1) is 16.2 Å². The summed E-state index contributed by atoms with van der Waals surface area (Å²) in [7, 11) is -3.42. The Morgan fingerprint density at radius 2 is 1.19 bits per heavy atom. The predicted octanol–water partition coefficient (Wildman–Crippen LogP) is 5.25. The molecule has 3 aliphatic rings. The number of thioether (sulfide) groups is 1. The van der Waals surface area contributed by atoms with Gasteiger partial charge < -0.3 is 16.0 Å². The van der Waals surface area contributed by atoms with Crippen molar-refractivity contribution in [1.29, 1.82) is 0 Å². The fourth-order valence-electron chi connectivity index (χ4n) is 3.44. The van der Waals surface area contributed by atoms with Gasteiger partial charge in [0.25, 0.3) is 0 Å². The van der Waals surface area contributed by atoms with Gasteiger partial charge >= 0.3 is 0 Å². The Morgan fingerprint density at radius 3 is 1.50 bits per heavy atom. The molecule has 4 atom stereocenters. The average molecular weight is 790 g/mol. The van der Waals surface area contributed by atoms with Crippen LogP contribution in [-0.2, 0) is 119 Å². The molecule has 0 aromatic rings. The molecule has 0 spiro atoms. The Balaban J connectivity index is -0.000000437. The van der Waals surface area contributed by atoms with Gasteiger partial charge in [0.05, 0.1) is 0 Å². The van der Waals surface area contributed by atoms with Crippen molar-refractivity contribution >= 4 is 32.4 Å². The van der Waals surface area contributed by atoms with Gasteiger partial charge in [-0.15, -0.1) is 37.8 Å². The van der Waals surface area contributed by atoms with Crippen LogP contribution in [0.5, 0.6) is 0 Å². The molecule has 3 heterocycles. The van der Waals surface area contributed by atoms with Gasteiger partial charge in [-0.25, -0.2) is 8.42 Å². The van der Waals surface area contributed by atoms with Crippen molar-refractivity contribution in [2.45, 2.75) is 80.4 Å². The summed E-state index contributed by atoms with van der Waals surface area (Å²) in [5, 5.41) is 13.4. The van der Waals surface area contributed by atoms with Gasteiger partial charge in [-0.05, 0) is 11.5 Å². The molecule has 0 saturated carbocycles. The molecule has 3 saturated heterocycles. The van der Waals surface area contributed by atoms with Crippen LogP contribution in [0.25, 0.3) is 16.0 Å². The fraction of sp³-hybridized carbons (Fsp3) is 1.00. The Bertz CT molecular complexity index is 716. The van der Waals surface area contributed by atoms with Crippen molar-refractivity contribution in [2.24, 2.45) is 16.2 Å². The molecular weight excluding hydrogens is 741 g/mol. The van der Waals surface area contributed by atoms with Crippen molar-refractivity contribution in [1.82, 2.24) is 0 Å². The second-order valence-electron chi connectivity index (χ2n) is 12.4. The summed E-state index contributed by atoms with van der Waals surface area (Å²) in [4.78, 5) is 0. The van der Waals surface area contributed by atoms with Crippen molar-refractivity contribution in [2.75, 3.05) is 54.2 Å². The molecule has 0 aromatic carbocycles. The second-order valence-corrected chi connectivity index (χ2v) is 17.4. The summed E-state index contributed by atoms with van der Waals surface area (Å²) < 4.78 is 33.7. The van der Waals surface area contributed by atoms with Crippen LogP contribution in [0.2, 0.25) is 0 Å². The number of hydrogen-bond donors (Lipinski definition) is 0. The molecule has 3 aliphatic heterocycles. The molecule has 6 nitrogen and oxygen atoms in total. The third-order valence-electron chi connectivity index (χ3n) is 6.04. The molecule has 36 heavy (non-hydrogen) atoms. The molecule has 0 aromatic heterocycles. The zero-order chi connectivity index (χ0) is 25.5. The van der Waals surface area contributed by atoms with E-state index < -0.39 is 20.6 Å². The van der Waals surface area contributed by atoms with Crippen LogP contribution in [0.3, 0.4) is 0 Å². The minimum atomic E-state index is -2.81. The molecule has 3 radical (unpaired) electrons. The van der Waals surface area contributed by atoms with Gasteiger partial charge in [-0.3, -0.25) is 4.21 Å². The Morgan fingerprint density at radius 1 is 0.722 bits per heavy atom. The van der Waals surface area contributed by atoms with Crippen LogP contribution in [0.4, 0.5) is 0 Å². The molecular formula is C24H48N3O3S3Y3-3. The quantitative estimate of drug-likeness (QED) is 0.335. The topological polar surface area (TPSA) is 93.5 Å². The molecule has 3 rings (SSSR count). The van der Waals surface area contributed by atoms with Crippen molar-refractivity contribution < 1.29 is 111 Å². The number of nitrogens with zero attached hydrogens (tertiary/aromatic N) is 3. The predicted molar refractivity (Wildman–Crippen MR) is 148 cm³/mol. The van der Waals surface area contributed by atoms with E-state index in [1.165, 1.54) is 11.5 Å². The van der Waals surface area contributed by atoms with Gasteiger partial charge in [0, 0.05) is 132 Å². The van der Waals surface area contributed by atoms with Crippen LogP contribution in [0.15, 0.2) is 0 Å². The van der Waals surface area contributed by atoms with Crippen molar-refractivity contribution in [3.8, 4) is 0 Å². The summed E-state index contributed by atoms with van der Waals surface area (Å²) in [6.07, 6.45) is 0. The Kier molecular flexibility index (Phi) is 24.2. The minimum absolute atomic E-state index is 0. The van der Waals surface area contributed by atoms with E-state index in [-0.39, 0.29) is 127 Å². The van der Waals surface area contributed by atoms with Gasteiger partial charge in [-0.2, -0.15) is 11.8 Å². The summed E-state index contributed by atoms with van der Waals surface area (Å²) >= 11 is 2.04. The van der Waals surface area contributed by atoms with E-state index in [1.54, 1.807) is 0 Å². The summed E-state index contributed by atoms with van der Waals surface area (Å²) in [5.41, 5.74) is 0.553. The molecule has 207 valence electrons. The number of rotatable bonds is 0. The second kappa shape index (κ2) is 19.8. The van der Waals surface area contributed by atoms with Crippen molar-refractivity contribution in [3.63, 3.8) is 0 Å². The van der Waals surface area contributed by atoms with E-state index in [4.69, 9.17) is 0 Å². The first kappa shape index (κ1) is 44.1. The van der Waals surface area contributed by atoms with Crippen LogP contribution in [0.1, 0.15) is 62.3 Å². The minimum Gasteiger partial charge on any atom is -0.658 e. The van der Waals surface area contributed by atoms with E-state index in [2.05, 4.69) is 57.5 Å². The number of sulfone groups is 1. The van der Waals surface area contributed by atoms with E-state index in [0.29, 0.717) is 24.0 Å². The zero-order valence-electron chi connectivity index (χ0n) is 24.1. The third kappa shape index (κ3) is 19.0. The smallest absolute Gasteiger partial charge is 0.147 e. The maximum Gasteiger partial charge on any atom is 0.147 e. The van der Waals surface area contributed by atoms with Crippen LogP contribution >= 0.6 is 11.8 Å². The summed E-state index contributed by atoms with van der Waals surface area (Å²) in [6.45, 7) is 21.7. The zero-order valence-corrected chi connectivity index (χ0v) is 35.1. The van der Waals surface area contributed by atoms with E-state index in [0.717, 1.165) is 24.6 Å². The van der Waals surface area contributed by atoms with Gasteiger partial charge in [0.15, 0.2) is 0 Å². The maximum atomic E-state index is 11.2. The third-order valence-corrected chi connectivity index (χ3v) is 10.0. The van der Waals surface area contributed by atoms with Crippen molar-refractivity contribution in [3.05, 3.63) is 16.0 Å². The molecule has 4 unspecified atom stereocenters. The monoisotopic (exact) mass is 789 g/mol. The Labute approximate surface area is 305 Å². The summed E-state index contributed by atoms with van der Waals surface area (Å²) in [6, 6.07) is 0.875. The number of hydrogen-bond acceptors (Lipinski definition) is 4. The standard InChI is InChI=1S/C8H16NO2S.C8H16NOS.C8H16NS.3Y/c1-8(2,3)7-6-12(10,11)5-4-9-7;1-8(2,3)7-6-11(10)5-4-9-7;1-8(2,3)7-6-10-5-4-9-7;;;/h7H,4-6H2,1-3H3;7H,4-6H2,1-3H3;7H,4-6H2,1-3H3;;;/q3*-1;;;. The molecule has 12 heteroatoms. The maximum absolute atomic E-state index is 11.2. The summed E-state index contributed by atoms with van der Waals surface area (Å²) in [5.74, 6) is 4.46. The van der Waals surface area contributed by atoms with Gasteiger partial charge in [0.2, 0.25) is 0 Å². The largest absolute Gasteiger partial charge is 0.658 e. The average Bonchev–Trinajstić information content (AvgIpc) is 2.67. The molecule has 0 N–H and O–H groups in total. The van der Waals surface area contributed by atoms with Crippen LogP contribution in [-0.4, -0.2) is 84.9 Å². The van der Waals surface area contributed by atoms with Crippen LogP contribution < -0.4 is 0 Å². The molecule has 0 aliphatic carbocycles. The first-order valence-corrected chi connectivity index (χ1v) is 16.5. The van der Waals surface area contributed by atoms with E-state index >= 15 is 0 Å². The van der Waals surface area contributed by atoms with Gasteiger partial charge in [-0.1, -0.05) is 78.6 Å².